The van der Waals surface area contributed by atoms with E-state index in [1.807, 2.05) is 0 Å². The van der Waals surface area contributed by atoms with Gasteiger partial charge in [0.1, 0.15) is 11.6 Å². The second kappa shape index (κ2) is 4.94. The predicted molar refractivity (Wildman–Crippen MR) is 65.8 cm³/mol. The van der Waals surface area contributed by atoms with Crippen molar-refractivity contribution in [2.75, 3.05) is 13.7 Å². The zero-order chi connectivity index (χ0) is 13.2. The molecule has 1 amide bonds. The van der Waals surface area contributed by atoms with Gasteiger partial charge in [-0.15, -0.1) is 0 Å². The number of methoxy groups -OCH3 is 1. The third-order valence-corrected chi connectivity index (χ3v) is 3.16. The first kappa shape index (κ1) is 12.8. The SMILES string of the molecule is COc1ccc(F)cc1CCNC(=O)C1(N)CC1. The van der Waals surface area contributed by atoms with Crippen molar-refractivity contribution in [3.05, 3.63) is 29.6 Å². The predicted octanol–water partition coefficient (Wildman–Crippen LogP) is 0.984. The van der Waals surface area contributed by atoms with E-state index in [-0.39, 0.29) is 11.7 Å². The minimum atomic E-state index is -0.661. The van der Waals surface area contributed by atoms with Crippen molar-refractivity contribution in [3.63, 3.8) is 0 Å². The van der Waals surface area contributed by atoms with Gasteiger partial charge in [-0.05, 0) is 43.0 Å². The van der Waals surface area contributed by atoms with Gasteiger partial charge in [-0.1, -0.05) is 0 Å². The normalized spacial score (nSPS) is 16.2. The number of hydrogen-bond donors (Lipinski definition) is 2. The zero-order valence-electron chi connectivity index (χ0n) is 10.3. The van der Waals surface area contributed by atoms with E-state index in [1.165, 1.54) is 19.2 Å². The van der Waals surface area contributed by atoms with E-state index in [2.05, 4.69) is 5.32 Å². The van der Waals surface area contributed by atoms with Gasteiger partial charge in [-0.3, -0.25) is 4.79 Å². The molecule has 0 bridgehead atoms. The van der Waals surface area contributed by atoms with Crippen molar-refractivity contribution in [1.82, 2.24) is 5.32 Å². The number of nitrogens with one attached hydrogen (secondary N) is 1. The molecule has 4 nitrogen and oxygen atoms in total. The van der Waals surface area contributed by atoms with Gasteiger partial charge in [0.05, 0.1) is 12.6 Å². The summed E-state index contributed by atoms with van der Waals surface area (Å²) in [6.07, 6.45) is 1.99. The first-order valence-electron chi connectivity index (χ1n) is 5.95. The summed E-state index contributed by atoms with van der Waals surface area (Å²) in [6, 6.07) is 4.35. The van der Waals surface area contributed by atoms with Crippen LogP contribution in [0.1, 0.15) is 18.4 Å². The Morgan fingerprint density at radius 1 is 1.56 bits per heavy atom. The highest BCUT2D eigenvalue weighted by Gasteiger charge is 2.45. The Labute approximate surface area is 105 Å². The molecule has 3 N–H and O–H groups in total. The number of carbonyl (C=O) groups excluding carboxylic acids is 1. The minimum Gasteiger partial charge on any atom is -0.496 e. The van der Waals surface area contributed by atoms with Crippen LogP contribution in [0.2, 0.25) is 0 Å². The summed E-state index contributed by atoms with van der Waals surface area (Å²) in [5.74, 6) is 0.187. The first-order valence-corrected chi connectivity index (χ1v) is 5.95. The molecule has 0 aliphatic heterocycles. The smallest absolute Gasteiger partial charge is 0.240 e. The number of halogens is 1. The van der Waals surface area contributed by atoms with Crippen LogP contribution in [-0.2, 0) is 11.2 Å². The lowest BCUT2D eigenvalue weighted by Crippen LogP contribution is -2.43. The van der Waals surface area contributed by atoms with E-state index >= 15 is 0 Å². The van der Waals surface area contributed by atoms with Crippen LogP contribution >= 0.6 is 0 Å². The van der Waals surface area contributed by atoms with Crippen molar-refractivity contribution >= 4 is 5.91 Å². The summed E-state index contributed by atoms with van der Waals surface area (Å²) in [4.78, 5) is 11.6. The van der Waals surface area contributed by atoms with E-state index in [0.717, 1.165) is 18.4 Å². The molecule has 98 valence electrons. The summed E-state index contributed by atoms with van der Waals surface area (Å²) in [5, 5.41) is 2.76. The van der Waals surface area contributed by atoms with Crippen molar-refractivity contribution in [1.29, 1.82) is 0 Å². The van der Waals surface area contributed by atoms with E-state index in [0.29, 0.717) is 18.7 Å². The lowest BCUT2D eigenvalue weighted by molar-refractivity contribution is -0.123. The van der Waals surface area contributed by atoms with Crippen LogP contribution in [0.4, 0.5) is 4.39 Å². The highest BCUT2D eigenvalue weighted by molar-refractivity contribution is 5.88. The van der Waals surface area contributed by atoms with Crippen LogP contribution in [0.25, 0.3) is 0 Å². The van der Waals surface area contributed by atoms with Crippen LogP contribution in [0.5, 0.6) is 5.75 Å². The Bertz CT molecular complexity index is 458. The molecule has 1 fully saturated rings. The Hall–Kier alpha value is -1.62. The van der Waals surface area contributed by atoms with Gasteiger partial charge < -0.3 is 15.8 Å². The molecule has 0 aromatic heterocycles. The Morgan fingerprint density at radius 3 is 2.89 bits per heavy atom. The van der Waals surface area contributed by atoms with Crippen LogP contribution in [0.15, 0.2) is 18.2 Å². The summed E-state index contributed by atoms with van der Waals surface area (Å²) >= 11 is 0. The fourth-order valence-electron chi connectivity index (χ4n) is 1.79. The molecule has 0 unspecified atom stereocenters. The van der Waals surface area contributed by atoms with Crippen LogP contribution in [0.3, 0.4) is 0 Å². The number of hydrogen-bond acceptors (Lipinski definition) is 3. The molecule has 18 heavy (non-hydrogen) atoms. The molecule has 0 spiro atoms. The zero-order valence-corrected chi connectivity index (χ0v) is 10.3. The number of benzene rings is 1. The maximum absolute atomic E-state index is 13.1. The topological polar surface area (TPSA) is 64.3 Å². The molecule has 1 aromatic carbocycles. The van der Waals surface area contributed by atoms with Gasteiger partial charge in [-0.2, -0.15) is 0 Å². The average Bonchev–Trinajstić information content (AvgIpc) is 3.09. The standard InChI is InChI=1S/C13H17FN2O2/c1-18-11-3-2-10(14)8-9(11)4-7-16-12(17)13(15)5-6-13/h2-3,8H,4-7,15H2,1H3,(H,16,17). The van der Waals surface area contributed by atoms with Crippen LogP contribution in [0, 0.1) is 5.82 Å². The first-order chi connectivity index (χ1) is 8.55. The lowest BCUT2D eigenvalue weighted by Gasteiger charge is -2.11. The van der Waals surface area contributed by atoms with Gasteiger partial charge in [-0.25, -0.2) is 4.39 Å². The average molecular weight is 252 g/mol. The van der Waals surface area contributed by atoms with E-state index < -0.39 is 5.54 Å². The Kier molecular flexibility index (Phi) is 3.52. The molecule has 0 heterocycles. The number of ether oxygens (including phenoxy) is 1. The third-order valence-electron chi connectivity index (χ3n) is 3.16. The van der Waals surface area contributed by atoms with E-state index in [9.17, 15) is 9.18 Å². The fourth-order valence-corrected chi connectivity index (χ4v) is 1.79. The van der Waals surface area contributed by atoms with Gasteiger partial charge in [0.25, 0.3) is 0 Å². The van der Waals surface area contributed by atoms with Crippen molar-refractivity contribution < 1.29 is 13.9 Å². The van der Waals surface area contributed by atoms with Crippen molar-refractivity contribution in [2.24, 2.45) is 5.73 Å². The van der Waals surface area contributed by atoms with Crippen LogP contribution < -0.4 is 15.8 Å². The summed E-state index contributed by atoms with van der Waals surface area (Å²) in [6.45, 7) is 0.428. The summed E-state index contributed by atoms with van der Waals surface area (Å²) < 4.78 is 18.2. The Morgan fingerprint density at radius 2 is 2.28 bits per heavy atom. The number of nitrogens with two attached hydrogens (primary N) is 1. The molecule has 0 radical (unpaired) electrons. The van der Waals surface area contributed by atoms with Crippen LogP contribution in [-0.4, -0.2) is 25.1 Å². The van der Waals surface area contributed by atoms with E-state index in [1.54, 1.807) is 6.07 Å². The quantitative estimate of drug-likeness (QED) is 0.821. The molecule has 0 saturated heterocycles. The molecule has 0 atom stereocenters. The number of carbonyl (C=O) groups is 1. The summed E-state index contributed by atoms with van der Waals surface area (Å²) in [5.41, 5.74) is 5.83. The monoisotopic (exact) mass is 252 g/mol. The van der Waals surface area contributed by atoms with Gasteiger partial charge in [0.15, 0.2) is 0 Å². The van der Waals surface area contributed by atoms with Gasteiger partial charge >= 0.3 is 0 Å². The van der Waals surface area contributed by atoms with Gasteiger partial charge in [0, 0.05) is 6.54 Å². The molecule has 1 saturated carbocycles. The molecular weight excluding hydrogens is 235 g/mol. The number of rotatable bonds is 5. The fraction of sp³-hybridized carbons (Fsp3) is 0.462. The highest BCUT2D eigenvalue weighted by atomic mass is 19.1. The highest BCUT2D eigenvalue weighted by Crippen LogP contribution is 2.32. The summed E-state index contributed by atoms with van der Waals surface area (Å²) in [7, 11) is 1.54. The lowest BCUT2D eigenvalue weighted by atomic mass is 10.1. The molecule has 5 heteroatoms. The minimum absolute atomic E-state index is 0.127. The second-order valence-corrected chi connectivity index (χ2v) is 4.62. The molecule has 1 aliphatic rings. The van der Waals surface area contributed by atoms with E-state index in [4.69, 9.17) is 10.5 Å². The van der Waals surface area contributed by atoms with Crippen molar-refractivity contribution in [2.45, 2.75) is 24.8 Å². The maximum atomic E-state index is 13.1. The number of amides is 1. The Balaban J connectivity index is 1.89. The molecule has 1 aromatic rings. The van der Waals surface area contributed by atoms with Gasteiger partial charge in [0.2, 0.25) is 5.91 Å². The largest absolute Gasteiger partial charge is 0.496 e. The third kappa shape index (κ3) is 2.79. The second-order valence-electron chi connectivity index (χ2n) is 4.62. The molecule has 1 aliphatic carbocycles. The van der Waals surface area contributed by atoms with Crippen molar-refractivity contribution in [3.8, 4) is 5.75 Å². The maximum Gasteiger partial charge on any atom is 0.240 e. The molecular formula is C13H17FN2O2. The molecule has 2 rings (SSSR count).